The number of aromatic nitrogens is 4. The Balaban J connectivity index is 1.31. The molecule has 0 amide bonds. The van der Waals surface area contributed by atoms with Crippen LogP contribution in [0.2, 0.25) is 0 Å². The van der Waals surface area contributed by atoms with Crippen molar-refractivity contribution in [1.82, 2.24) is 19.9 Å². The molecule has 0 aliphatic heterocycles. The van der Waals surface area contributed by atoms with Crippen LogP contribution in [0.15, 0.2) is 150 Å². The normalized spacial score (nSPS) is 11.8. The lowest BCUT2D eigenvalue weighted by Crippen LogP contribution is -2.01. The fraction of sp³-hybridized carbons (Fsp3) is 0. The second-order valence-corrected chi connectivity index (χ2v) is 11.9. The average Bonchev–Trinajstić information content (AvgIpc) is 3.53. The molecule has 0 bridgehead atoms. The highest BCUT2D eigenvalue weighted by atomic mass is 16.3. The molecular weight excluding hydrogens is 576 g/mol. The summed E-state index contributed by atoms with van der Waals surface area (Å²) in [6.07, 6.45) is 3.78. The SMILES string of the molecule is c1ccc2cc(-c3nc(-c4cc5c6cnccc6ccc5c5ccccc45)nc(-c4cccc5oc6ccccc6c45)n3)ccc2c1. The minimum Gasteiger partial charge on any atom is -0.456 e. The van der Waals surface area contributed by atoms with Gasteiger partial charge in [0.05, 0.1) is 0 Å². The molecule has 0 fully saturated rings. The van der Waals surface area contributed by atoms with Gasteiger partial charge in [0.15, 0.2) is 17.5 Å². The molecule has 10 aromatic rings. The minimum absolute atomic E-state index is 0.596. The highest BCUT2D eigenvalue weighted by Crippen LogP contribution is 2.40. The number of pyridine rings is 1. The Morgan fingerprint density at radius 1 is 0.404 bits per heavy atom. The second-order valence-electron chi connectivity index (χ2n) is 11.9. The van der Waals surface area contributed by atoms with Crippen molar-refractivity contribution in [3.63, 3.8) is 0 Å². The third-order valence-corrected chi connectivity index (χ3v) is 9.19. The summed E-state index contributed by atoms with van der Waals surface area (Å²) in [6, 6.07) is 46.1. The van der Waals surface area contributed by atoms with E-state index in [1.807, 2.05) is 42.7 Å². The van der Waals surface area contributed by atoms with Gasteiger partial charge in [0.1, 0.15) is 11.2 Å². The first-order chi connectivity index (χ1) is 23.3. The highest BCUT2D eigenvalue weighted by Gasteiger charge is 2.20. The molecule has 47 heavy (non-hydrogen) atoms. The first-order valence-electron chi connectivity index (χ1n) is 15.6. The van der Waals surface area contributed by atoms with Gasteiger partial charge in [0.25, 0.3) is 0 Å². The number of para-hydroxylation sites is 1. The molecule has 0 radical (unpaired) electrons. The topological polar surface area (TPSA) is 64.7 Å². The van der Waals surface area contributed by atoms with Crippen LogP contribution >= 0.6 is 0 Å². The standard InChI is InChI=1S/C42H24N4O/c1-2-9-27-22-28(17-16-25(27)8-1)40-44-41(33-13-7-15-38-39(33)32-12-5-6-14-37(32)47-38)46-42(45-40)35-23-34-31(29-10-3-4-11-30(29)35)19-18-26-20-21-43-24-36(26)34/h1-24H. The number of hydrogen-bond acceptors (Lipinski definition) is 5. The molecular formula is C42H24N4O. The molecule has 0 unspecified atom stereocenters. The van der Waals surface area contributed by atoms with E-state index < -0.39 is 0 Å². The van der Waals surface area contributed by atoms with Gasteiger partial charge in [0, 0.05) is 45.2 Å². The van der Waals surface area contributed by atoms with E-state index in [1.54, 1.807) is 0 Å². The van der Waals surface area contributed by atoms with Crippen molar-refractivity contribution in [2.75, 3.05) is 0 Å². The molecule has 5 nitrogen and oxygen atoms in total. The van der Waals surface area contributed by atoms with Crippen molar-refractivity contribution in [2.45, 2.75) is 0 Å². The maximum Gasteiger partial charge on any atom is 0.164 e. The molecule has 3 aromatic heterocycles. The lowest BCUT2D eigenvalue weighted by molar-refractivity contribution is 0.669. The van der Waals surface area contributed by atoms with Gasteiger partial charge < -0.3 is 4.42 Å². The Morgan fingerprint density at radius 2 is 1.11 bits per heavy atom. The second kappa shape index (κ2) is 10.0. The summed E-state index contributed by atoms with van der Waals surface area (Å²) in [5.74, 6) is 1.82. The fourth-order valence-electron chi connectivity index (χ4n) is 6.97. The van der Waals surface area contributed by atoms with Crippen molar-refractivity contribution >= 4 is 65.0 Å². The predicted molar refractivity (Wildman–Crippen MR) is 191 cm³/mol. The lowest BCUT2D eigenvalue weighted by atomic mass is 9.94. The molecule has 0 N–H and O–H groups in total. The number of furan rings is 1. The number of benzene rings is 7. The largest absolute Gasteiger partial charge is 0.456 e. The minimum atomic E-state index is 0.596. The summed E-state index contributed by atoms with van der Waals surface area (Å²) in [7, 11) is 0. The molecule has 0 saturated carbocycles. The average molecular weight is 601 g/mol. The molecule has 0 aliphatic rings. The summed E-state index contributed by atoms with van der Waals surface area (Å²) in [5.41, 5.74) is 4.41. The van der Waals surface area contributed by atoms with Crippen molar-refractivity contribution < 1.29 is 4.42 Å². The third kappa shape index (κ3) is 4.03. The predicted octanol–water partition coefficient (Wildman–Crippen LogP) is 10.8. The molecule has 7 aromatic carbocycles. The van der Waals surface area contributed by atoms with Crippen molar-refractivity contribution in [3.8, 4) is 34.2 Å². The van der Waals surface area contributed by atoms with Gasteiger partial charge in [-0.05, 0) is 68.0 Å². The molecule has 218 valence electrons. The maximum absolute atomic E-state index is 6.26. The number of hydrogen-bond donors (Lipinski definition) is 0. The van der Waals surface area contributed by atoms with Crippen LogP contribution in [0.3, 0.4) is 0 Å². The molecule has 3 heterocycles. The van der Waals surface area contributed by atoms with Gasteiger partial charge in [-0.15, -0.1) is 0 Å². The Labute approximate surface area is 268 Å². The van der Waals surface area contributed by atoms with Gasteiger partial charge in [-0.25, -0.2) is 15.0 Å². The quantitative estimate of drug-likeness (QED) is 0.189. The van der Waals surface area contributed by atoms with Crippen LogP contribution in [0.4, 0.5) is 0 Å². The molecule has 5 heteroatoms. The van der Waals surface area contributed by atoms with Gasteiger partial charge in [0.2, 0.25) is 0 Å². The van der Waals surface area contributed by atoms with E-state index >= 15 is 0 Å². The number of rotatable bonds is 3. The zero-order valence-corrected chi connectivity index (χ0v) is 25.1. The van der Waals surface area contributed by atoms with Crippen LogP contribution in [-0.4, -0.2) is 19.9 Å². The van der Waals surface area contributed by atoms with Crippen LogP contribution in [0, 0.1) is 0 Å². The third-order valence-electron chi connectivity index (χ3n) is 9.19. The van der Waals surface area contributed by atoms with E-state index in [4.69, 9.17) is 19.4 Å². The molecule has 0 atom stereocenters. The smallest absolute Gasteiger partial charge is 0.164 e. The van der Waals surface area contributed by atoms with Crippen LogP contribution in [-0.2, 0) is 0 Å². The van der Waals surface area contributed by atoms with E-state index in [2.05, 4.69) is 108 Å². The van der Waals surface area contributed by atoms with Crippen molar-refractivity contribution in [1.29, 1.82) is 0 Å². The Morgan fingerprint density at radius 3 is 2.02 bits per heavy atom. The summed E-state index contributed by atoms with van der Waals surface area (Å²) >= 11 is 0. The summed E-state index contributed by atoms with van der Waals surface area (Å²) in [5, 5.41) is 11.1. The number of fused-ring (bicyclic) bond motifs is 9. The van der Waals surface area contributed by atoms with Crippen LogP contribution < -0.4 is 0 Å². The Bertz CT molecular complexity index is 2870. The highest BCUT2D eigenvalue weighted by molar-refractivity contribution is 6.20. The van der Waals surface area contributed by atoms with E-state index in [0.29, 0.717) is 17.5 Å². The van der Waals surface area contributed by atoms with Gasteiger partial charge in [-0.1, -0.05) is 103 Å². The molecule has 10 rings (SSSR count). The monoisotopic (exact) mass is 600 g/mol. The van der Waals surface area contributed by atoms with Crippen molar-refractivity contribution in [2.24, 2.45) is 0 Å². The van der Waals surface area contributed by atoms with E-state index in [9.17, 15) is 0 Å². The van der Waals surface area contributed by atoms with Crippen LogP contribution in [0.25, 0.3) is 99.2 Å². The Kier molecular flexibility index (Phi) is 5.51. The first kappa shape index (κ1) is 25.8. The first-order valence-corrected chi connectivity index (χ1v) is 15.6. The Hall–Kier alpha value is -6.46. The molecule has 0 aliphatic carbocycles. The van der Waals surface area contributed by atoms with Gasteiger partial charge in [-0.3, -0.25) is 4.98 Å². The van der Waals surface area contributed by atoms with E-state index in [0.717, 1.165) is 70.9 Å². The summed E-state index contributed by atoms with van der Waals surface area (Å²) < 4.78 is 6.26. The fourth-order valence-corrected chi connectivity index (χ4v) is 6.97. The van der Waals surface area contributed by atoms with Crippen molar-refractivity contribution in [3.05, 3.63) is 146 Å². The van der Waals surface area contributed by atoms with E-state index in [1.165, 1.54) is 10.8 Å². The van der Waals surface area contributed by atoms with Crippen LogP contribution in [0.1, 0.15) is 0 Å². The van der Waals surface area contributed by atoms with Crippen LogP contribution in [0.5, 0.6) is 0 Å². The zero-order valence-electron chi connectivity index (χ0n) is 25.1. The molecule has 0 spiro atoms. The number of nitrogens with zero attached hydrogens (tertiary/aromatic N) is 4. The summed E-state index contributed by atoms with van der Waals surface area (Å²) in [4.78, 5) is 20.1. The lowest BCUT2D eigenvalue weighted by Gasteiger charge is -2.14. The molecule has 0 saturated heterocycles. The van der Waals surface area contributed by atoms with E-state index in [-0.39, 0.29) is 0 Å². The van der Waals surface area contributed by atoms with Gasteiger partial charge >= 0.3 is 0 Å². The summed E-state index contributed by atoms with van der Waals surface area (Å²) in [6.45, 7) is 0. The maximum atomic E-state index is 6.26. The zero-order chi connectivity index (χ0) is 30.9. The van der Waals surface area contributed by atoms with Gasteiger partial charge in [-0.2, -0.15) is 0 Å².